The number of halogens is 1. The van der Waals surface area contributed by atoms with Crippen molar-refractivity contribution in [3.63, 3.8) is 0 Å². The van der Waals surface area contributed by atoms with Crippen LogP contribution in [-0.2, 0) is 4.79 Å². The molecule has 118 valence electrons. The molecular weight excluding hydrogens is 298 g/mol. The lowest BCUT2D eigenvalue weighted by molar-refractivity contribution is -0.875. The van der Waals surface area contributed by atoms with Crippen molar-refractivity contribution in [3.8, 4) is 5.75 Å². The number of nitrogens with zero attached hydrogens (tertiary/aromatic N) is 1. The lowest BCUT2D eigenvalue weighted by atomic mass is 9.88. The summed E-state index contributed by atoms with van der Waals surface area (Å²) in [4.78, 5) is 23.2. The van der Waals surface area contributed by atoms with E-state index >= 15 is 0 Å². The number of para-hydroxylation sites is 1. The van der Waals surface area contributed by atoms with Gasteiger partial charge in [-0.15, -0.1) is 12.4 Å². The van der Waals surface area contributed by atoms with Crippen LogP contribution in [0.4, 0.5) is 0 Å². The van der Waals surface area contributed by atoms with Crippen molar-refractivity contribution in [2.45, 2.75) is 12.0 Å². The van der Waals surface area contributed by atoms with Gasteiger partial charge in [-0.3, -0.25) is 4.79 Å². The fourth-order valence-corrected chi connectivity index (χ4v) is 2.15. The van der Waals surface area contributed by atoms with Crippen LogP contribution in [0.2, 0.25) is 0 Å². The fraction of sp³-hybridized carbons (Fsp3) is 0.429. The number of aliphatic hydroxyl groups is 1. The Bertz CT molecular complexity index is 526. The van der Waals surface area contributed by atoms with Crippen LogP contribution in [-0.4, -0.2) is 59.7 Å². The monoisotopic (exact) mass is 317 g/mol. The third kappa shape index (κ3) is 5.34. The maximum Gasteiger partial charge on any atom is 0.204 e. The van der Waals surface area contributed by atoms with E-state index < -0.39 is 23.8 Å². The Morgan fingerprint density at radius 2 is 1.76 bits per heavy atom. The summed E-state index contributed by atoms with van der Waals surface area (Å²) < 4.78 is 0.184. The number of Topliss-reactive ketones (excluding diaryl/α,β-unsaturated/α-hetero) is 1. The number of carboxylic acid groups (broad SMARTS) is 1. The number of aromatic hydroxyl groups is 1. The second-order valence-electron chi connectivity index (χ2n) is 5.88. The third-order valence-corrected chi connectivity index (χ3v) is 2.74. The Labute approximate surface area is 129 Å². The number of phenols is 1. The van der Waals surface area contributed by atoms with Crippen LogP contribution in [0.3, 0.4) is 0 Å². The molecule has 1 rings (SSSR count). The van der Waals surface area contributed by atoms with Gasteiger partial charge in [0.25, 0.3) is 0 Å². The van der Waals surface area contributed by atoms with E-state index in [0.29, 0.717) is 0 Å². The lowest BCUT2D eigenvalue weighted by Gasteiger charge is -2.34. The van der Waals surface area contributed by atoms with E-state index in [1.807, 2.05) is 0 Å². The van der Waals surface area contributed by atoms with E-state index in [-0.39, 0.29) is 34.7 Å². The first-order chi connectivity index (χ1) is 9.05. The molecule has 0 spiro atoms. The molecular formula is C14H20ClNO5. The van der Waals surface area contributed by atoms with Crippen molar-refractivity contribution in [3.05, 3.63) is 29.8 Å². The largest absolute Gasteiger partial charge is 0.550 e. The highest BCUT2D eigenvalue weighted by Crippen LogP contribution is 2.25. The maximum atomic E-state index is 12.4. The number of carbonyl (C=O) groups excluding carboxylic acids is 2. The molecule has 1 unspecified atom stereocenters. The van der Waals surface area contributed by atoms with E-state index in [1.54, 1.807) is 21.1 Å². The van der Waals surface area contributed by atoms with Gasteiger partial charge in [-0.2, -0.15) is 0 Å². The number of carboxylic acids is 1. The van der Waals surface area contributed by atoms with Gasteiger partial charge in [-0.25, -0.2) is 0 Å². The highest BCUT2D eigenvalue weighted by atomic mass is 35.5. The number of likely N-dealkylation sites (N-methyl/N-ethyl adjacent to an activating group) is 1. The van der Waals surface area contributed by atoms with Crippen molar-refractivity contribution in [2.75, 3.05) is 27.7 Å². The summed E-state index contributed by atoms with van der Waals surface area (Å²) in [7, 11) is 5.16. The number of hydrogen-bond acceptors (Lipinski definition) is 5. The van der Waals surface area contributed by atoms with Gasteiger partial charge in [-0.1, -0.05) is 12.1 Å². The van der Waals surface area contributed by atoms with Gasteiger partial charge >= 0.3 is 0 Å². The van der Waals surface area contributed by atoms with Crippen molar-refractivity contribution in [1.29, 1.82) is 0 Å². The number of quaternary nitrogens is 1. The second kappa shape index (κ2) is 6.89. The summed E-state index contributed by atoms with van der Waals surface area (Å²) in [6.07, 6.45) is -0.824. The predicted octanol–water partition coefficient (Wildman–Crippen LogP) is -0.426. The van der Waals surface area contributed by atoms with Crippen LogP contribution in [0.15, 0.2) is 24.3 Å². The summed E-state index contributed by atoms with van der Waals surface area (Å²) in [5.41, 5.74) is -2.24. The molecule has 1 aromatic rings. The zero-order chi connectivity index (χ0) is 15.6. The molecule has 7 heteroatoms. The molecule has 0 fully saturated rings. The molecule has 0 amide bonds. The Morgan fingerprint density at radius 1 is 1.24 bits per heavy atom. The average molecular weight is 318 g/mol. The zero-order valence-corrected chi connectivity index (χ0v) is 13.0. The molecule has 0 bridgehead atoms. The van der Waals surface area contributed by atoms with Gasteiger partial charge in [0.1, 0.15) is 12.3 Å². The van der Waals surface area contributed by atoms with Gasteiger partial charge in [0.05, 0.1) is 26.7 Å². The summed E-state index contributed by atoms with van der Waals surface area (Å²) in [6, 6.07) is 5.70. The smallest absolute Gasteiger partial charge is 0.204 e. The fourth-order valence-electron chi connectivity index (χ4n) is 2.15. The van der Waals surface area contributed by atoms with Gasteiger partial charge in [0.2, 0.25) is 5.78 Å². The van der Waals surface area contributed by atoms with Crippen LogP contribution < -0.4 is 5.11 Å². The summed E-state index contributed by atoms with van der Waals surface area (Å²) in [6.45, 7) is -0.117. The van der Waals surface area contributed by atoms with Crippen LogP contribution in [0.25, 0.3) is 0 Å². The van der Waals surface area contributed by atoms with Crippen molar-refractivity contribution in [1.82, 2.24) is 0 Å². The number of benzene rings is 1. The highest BCUT2D eigenvalue weighted by Gasteiger charge is 2.42. The van der Waals surface area contributed by atoms with Crippen LogP contribution in [0.1, 0.15) is 16.8 Å². The summed E-state index contributed by atoms with van der Waals surface area (Å²) >= 11 is 0. The molecule has 0 aromatic heterocycles. The first-order valence-corrected chi connectivity index (χ1v) is 6.11. The quantitative estimate of drug-likeness (QED) is 0.548. The third-order valence-electron chi connectivity index (χ3n) is 2.74. The molecule has 6 nitrogen and oxygen atoms in total. The van der Waals surface area contributed by atoms with E-state index in [4.69, 9.17) is 0 Å². The van der Waals surface area contributed by atoms with Crippen LogP contribution in [0.5, 0.6) is 5.75 Å². The number of phenolic OH excluding ortho intramolecular Hbond substituents is 1. The molecule has 0 aliphatic carbocycles. The zero-order valence-electron chi connectivity index (χ0n) is 12.2. The normalized spacial score (nSPS) is 13.9. The molecule has 1 atom stereocenters. The van der Waals surface area contributed by atoms with Gasteiger partial charge in [0.15, 0.2) is 5.60 Å². The van der Waals surface area contributed by atoms with E-state index in [0.717, 1.165) is 0 Å². The van der Waals surface area contributed by atoms with Crippen molar-refractivity contribution < 1.29 is 29.4 Å². The summed E-state index contributed by atoms with van der Waals surface area (Å²) in [5.74, 6) is -2.65. The summed E-state index contributed by atoms with van der Waals surface area (Å²) in [5, 5.41) is 31.0. The predicted molar refractivity (Wildman–Crippen MR) is 77.2 cm³/mol. The average Bonchev–Trinajstić information content (AvgIpc) is 2.25. The number of rotatable bonds is 6. The first kappa shape index (κ1) is 19.4. The van der Waals surface area contributed by atoms with Gasteiger partial charge in [0, 0.05) is 12.4 Å². The number of carbonyl (C=O) groups is 2. The molecule has 0 aliphatic rings. The van der Waals surface area contributed by atoms with Crippen molar-refractivity contribution in [2.24, 2.45) is 0 Å². The van der Waals surface area contributed by atoms with Crippen LogP contribution >= 0.6 is 12.4 Å². The van der Waals surface area contributed by atoms with Gasteiger partial charge < -0.3 is 24.6 Å². The van der Waals surface area contributed by atoms with E-state index in [1.165, 1.54) is 24.3 Å². The minimum Gasteiger partial charge on any atom is -0.550 e. The highest BCUT2D eigenvalue weighted by molar-refractivity contribution is 6.05. The Morgan fingerprint density at radius 3 is 2.19 bits per heavy atom. The molecule has 0 saturated carbocycles. The SMILES string of the molecule is C[N+](C)(C)CC(O)(CC(=O)[O-])C(=O)c1ccccc1O.Cl. The molecule has 0 radical (unpaired) electrons. The minimum absolute atomic E-state index is 0. The standard InChI is InChI=1S/C14H19NO5.ClH/c1-15(2,3)9-14(20,8-12(17)18)13(19)10-6-4-5-7-11(10)16;/h4-7,20H,8-9H2,1-3H3,(H-,16,17,18,19);1H. The Kier molecular flexibility index (Phi) is 6.35. The second-order valence-corrected chi connectivity index (χ2v) is 5.88. The van der Waals surface area contributed by atoms with E-state index in [2.05, 4.69) is 0 Å². The van der Waals surface area contributed by atoms with E-state index in [9.17, 15) is 24.9 Å². The Hall–Kier alpha value is -1.63. The molecule has 0 aliphatic heterocycles. The number of aliphatic carboxylic acids is 1. The lowest BCUT2D eigenvalue weighted by Crippen LogP contribution is -2.56. The van der Waals surface area contributed by atoms with Crippen molar-refractivity contribution >= 4 is 24.2 Å². The molecule has 1 aromatic carbocycles. The molecule has 2 N–H and O–H groups in total. The van der Waals surface area contributed by atoms with Gasteiger partial charge in [-0.05, 0) is 12.1 Å². The molecule has 0 heterocycles. The number of hydrogen-bond donors (Lipinski definition) is 2. The molecule has 0 saturated heterocycles. The Balaban J connectivity index is 0.00000400. The van der Waals surface area contributed by atoms with Crippen LogP contribution in [0, 0.1) is 0 Å². The topological polar surface area (TPSA) is 97.7 Å². The first-order valence-electron chi connectivity index (χ1n) is 6.11. The minimum atomic E-state index is -2.13. The maximum absolute atomic E-state index is 12.4. The number of ketones is 1. The molecule has 21 heavy (non-hydrogen) atoms.